The van der Waals surface area contributed by atoms with Gasteiger partial charge in [-0.3, -0.25) is 4.79 Å². The quantitative estimate of drug-likeness (QED) is 0.617. The van der Waals surface area contributed by atoms with Gasteiger partial charge < -0.3 is 4.42 Å². The number of nitrogens with zero attached hydrogens (tertiary/aromatic N) is 1. The molecule has 1 heterocycles. The van der Waals surface area contributed by atoms with Crippen molar-refractivity contribution < 1.29 is 9.21 Å². The average molecular weight is 171 g/mol. The van der Waals surface area contributed by atoms with Crippen LogP contribution < -0.4 is 0 Å². The average Bonchev–Trinajstić information content (AvgIpc) is 2.64. The van der Waals surface area contributed by atoms with E-state index in [0.717, 1.165) is 0 Å². The van der Waals surface area contributed by atoms with Crippen molar-refractivity contribution in [3.05, 3.63) is 35.6 Å². The third-order valence-electron chi connectivity index (χ3n) is 1.89. The molecule has 3 heteroatoms. The molecule has 0 bridgehead atoms. The summed E-state index contributed by atoms with van der Waals surface area (Å²) in [6.07, 6.45) is 2.19. The zero-order chi connectivity index (χ0) is 9.26. The summed E-state index contributed by atoms with van der Waals surface area (Å²) in [6.45, 7) is 0. The Bertz CT molecular complexity index is 505. The first-order valence-corrected chi connectivity index (χ1v) is 3.72. The van der Waals surface area contributed by atoms with Crippen LogP contribution in [0.15, 0.2) is 28.9 Å². The van der Waals surface area contributed by atoms with Crippen molar-refractivity contribution in [2.75, 3.05) is 0 Å². The highest BCUT2D eigenvalue weighted by atomic mass is 16.3. The lowest BCUT2D eigenvalue weighted by Crippen LogP contribution is -1.82. The molecule has 1 aromatic heterocycles. The molecule has 0 spiro atoms. The molecule has 13 heavy (non-hydrogen) atoms. The molecular formula is C10H5NO2. The maximum absolute atomic E-state index is 10.6. The number of benzene rings is 1. The molecule has 0 aliphatic heterocycles. The highest BCUT2D eigenvalue weighted by molar-refractivity contribution is 5.97. The van der Waals surface area contributed by atoms with E-state index in [9.17, 15) is 4.79 Å². The van der Waals surface area contributed by atoms with Crippen LogP contribution in [0.25, 0.3) is 11.0 Å². The van der Waals surface area contributed by atoms with E-state index in [-0.39, 0.29) is 0 Å². The normalized spacial score (nSPS) is 9.77. The second kappa shape index (κ2) is 2.76. The first-order chi connectivity index (χ1) is 6.36. The maximum Gasteiger partial charge on any atom is 0.153 e. The maximum atomic E-state index is 10.6. The summed E-state index contributed by atoms with van der Waals surface area (Å²) in [7, 11) is 0. The fourth-order valence-electron chi connectivity index (χ4n) is 1.27. The fraction of sp³-hybridized carbons (Fsp3) is 0. The van der Waals surface area contributed by atoms with Gasteiger partial charge in [0.25, 0.3) is 0 Å². The van der Waals surface area contributed by atoms with Crippen LogP contribution in [0.5, 0.6) is 0 Å². The minimum Gasteiger partial charge on any atom is -0.464 e. The molecule has 0 saturated carbocycles. The third-order valence-corrected chi connectivity index (χ3v) is 1.89. The first kappa shape index (κ1) is 7.56. The highest BCUT2D eigenvalue weighted by Gasteiger charge is 2.07. The van der Waals surface area contributed by atoms with Crippen LogP contribution in [0.3, 0.4) is 0 Å². The van der Waals surface area contributed by atoms with Crippen LogP contribution in [-0.2, 0) is 0 Å². The van der Waals surface area contributed by atoms with Crippen LogP contribution in [0, 0.1) is 11.3 Å². The second-order valence-electron chi connectivity index (χ2n) is 2.60. The summed E-state index contributed by atoms with van der Waals surface area (Å²) in [5.41, 5.74) is 1.47. The summed E-state index contributed by atoms with van der Waals surface area (Å²) in [5.74, 6) is 0. The minimum atomic E-state index is 0.471. The van der Waals surface area contributed by atoms with Crippen molar-refractivity contribution in [2.24, 2.45) is 0 Å². The molecule has 0 saturated heterocycles. The van der Waals surface area contributed by atoms with Gasteiger partial charge in [-0.2, -0.15) is 5.26 Å². The second-order valence-corrected chi connectivity index (χ2v) is 2.60. The Balaban J connectivity index is 2.91. The number of aldehydes is 1. The van der Waals surface area contributed by atoms with Gasteiger partial charge in [0.05, 0.1) is 23.5 Å². The van der Waals surface area contributed by atoms with Crippen LogP contribution in [0.1, 0.15) is 15.9 Å². The summed E-state index contributed by atoms with van der Waals surface area (Å²) >= 11 is 0. The fourth-order valence-corrected chi connectivity index (χ4v) is 1.27. The van der Waals surface area contributed by atoms with Gasteiger partial charge in [-0.15, -0.1) is 0 Å². The third kappa shape index (κ3) is 1.00. The molecule has 3 nitrogen and oxygen atoms in total. The predicted octanol–water partition coefficient (Wildman–Crippen LogP) is 2.12. The van der Waals surface area contributed by atoms with Crippen LogP contribution in [0.2, 0.25) is 0 Å². The Labute approximate surface area is 74.2 Å². The Morgan fingerprint density at radius 3 is 2.92 bits per heavy atom. The number of rotatable bonds is 1. The largest absolute Gasteiger partial charge is 0.464 e. The van der Waals surface area contributed by atoms with E-state index in [2.05, 4.69) is 0 Å². The van der Waals surface area contributed by atoms with Crippen molar-refractivity contribution >= 4 is 17.3 Å². The molecule has 0 aliphatic carbocycles. The van der Waals surface area contributed by atoms with Crippen molar-refractivity contribution in [1.29, 1.82) is 5.26 Å². The van der Waals surface area contributed by atoms with Crippen molar-refractivity contribution in [1.82, 2.24) is 0 Å². The molecule has 1 aromatic carbocycles. The zero-order valence-corrected chi connectivity index (χ0v) is 6.65. The Hall–Kier alpha value is -2.08. The molecule has 0 amide bonds. The smallest absolute Gasteiger partial charge is 0.153 e. The van der Waals surface area contributed by atoms with E-state index < -0.39 is 0 Å². The lowest BCUT2D eigenvalue weighted by molar-refractivity contribution is 0.112. The summed E-state index contributed by atoms with van der Waals surface area (Å²) < 4.78 is 5.10. The molecule has 2 rings (SSSR count). The Morgan fingerprint density at radius 2 is 2.23 bits per heavy atom. The summed E-state index contributed by atoms with van der Waals surface area (Å²) in [6, 6.07) is 6.91. The van der Waals surface area contributed by atoms with E-state index in [1.54, 1.807) is 18.2 Å². The first-order valence-electron chi connectivity index (χ1n) is 3.72. The van der Waals surface area contributed by atoms with Crippen LogP contribution >= 0.6 is 0 Å². The lowest BCUT2D eigenvalue weighted by Gasteiger charge is -1.94. The van der Waals surface area contributed by atoms with E-state index in [4.69, 9.17) is 9.68 Å². The van der Waals surface area contributed by atoms with Gasteiger partial charge in [0.1, 0.15) is 5.58 Å². The molecule has 0 fully saturated rings. The highest BCUT2D eigenvalue weighted by Crippen LogP contribution is 2.22. The van der Waals surface area contributed by atoms with Gasteiger partial charge in [0, 0.05) is 5.39 Å². The van der Waals surface area contributed by atoms with Crippen LogP contribution in [-0.4, -0.2) is 6.29 Å². The Morgan fingerprint density at radius 1 is 1.38 bits per heavy atom. The molecule has 0 radical (unpaired) electrons. The monoisotopic (exact) mass is 171 g/mol. The number of carbonyl (C=O) groups is 1. The molecule has 0 atom stereocenters. The van der Waals surface area contributed by atoms with Gasteiger partial charge in [0.2, 0.25) is 0 Å². The molecule has 0 aliphatic rings. The van der Waals surface area contributed by atoms with Gasteiger partial charge in [0.15, 0.2) is 6.29 Å². The number of carbonyl (C=O) groups excluding carboxylic acids is 1. The topological polar surface area (TPSA) is 54.0 Å². The lowest BCUT2D eigenvalue weighted by atomic mass is 10.1. The Kier molecular flexibility index (Phi) is 1.60. The number of fused-ring (bicyclic) bond motifs is 1. The molecule has 2 aromatic rings. The van der Waals surface area contributed by atoms with E-state index in [1.165, 1.54) is 6.26 Å². The molecule has 62 valence electrons. The van der Waals surface area contributed by atoms with E-state index in [1.807, 2.05) is 6.07 Å². The summed E-state index contributed by atoms with van der Waals surface area (Å²) in [4.78, 5) is 10.6. The van der Waals surface area contributed by atoms with Gasteiger partial charge in [-0.05, 0) is 18.2 Å². The SMILES string of the molecule is N#Cc1ccc(C=O)c2occc12. The van der Waals surface area contributed by atoms with Gasteiger partial charge in [-0.25, -0.2) is 0 Å². The van der Waals surface area contributed by atoms with Gasteiger partial charge in [-0.1, -0.05) is 0 Å². The van der Waals surface area contributed by atoms with E-state index in [0.29, 0.717) is 28.4 Å². The minimum absolute atomic E-state index is 0.471. The van der Waals surface area contributed by atoms with Gasteiger partial charge >= 0.3 is 0 Å². The molecule has 0 unspecified atom stereocenters. The van der Waals surface area contributed by atoms with Crippen LogP contribution in [0.4, 0.5) is 0 Å². The van der Waals surface area contributed by atoms with Crippen molar-refractivity contribution in [3.8, 4) is 6.07 Å². The predicted molar refractivity (Wildman–Crippen MR) is 46.3 cm³/mol. The molecular weight excluding hydrogens is 166 g/mol. The standard InChI is InChI=1S/C10H5NO2/c11-5-7-1-2-8(6-12)10-9(7)3-4-13-10/h1-4,6H. The number of hydrogen-bond donors (Lipinski definition) is 0. The number of hydrogen-bond acceptors (Lipinski definition) is 3. The number of nitriles is 1. The molecule has 0 N–H and O–H groups in total. The van der Waals surface area contributed by atoms with Crippen molar-refractivity contribution in [3.63, 3.8) is 0 Å². The summed E-state index contributed by atoms with van der Waals surface area (Å²) in [5, 5.41) is 9.42. The van der Waals surface area contributed by atoms with Crippen molar-refractivity contribution in [2.45, 2.75) is 0 Å². The number of furan rings is 1. The van der Waals surface area contributed by atoms with E-state index >= 15 is 0 Å². The zero-order valence-electron chi connectivity index (χ0n) is 6.65.